The van der Waals surface area contributed by atoms with Crippen LogP contribution in [0.4, 0.5) is 0 Å². The Balaban J connectivity index is 1.29. The summed E-state index contributed by atoms with van der Waals surface area (Å²) in [6.45, 7) is 2.86. The molecule has 2 atom stereocenters. The van der Waals surface area contributed by atoms with Crippen molar-refractivity contribution in [1.82, 2.24) is 4.90 Å². The zero-order valence-corrected chi connectivity index (χ0v) is 14.3. The summed E-state index contributed by atoms with van der Waals surface area (Å²) in [5.74, 6) is 0.416. The smallest absolute Gasteiger partial charge is 0.226 e. The van der Waals surface area contributed by atoms with Crippen LogP contribution < -0.4 is 0 Å². The fourth-order valence-electron chi connectivity index (χ4n) is 4.47. The van der Waals surface area contributed by atoms with Crippen LogP contribution in [0, 0.1) is 5.92 Å². The molecule has 0 radical (unpaired) electrons. The summed E-state index contributed by atoms with van der Waals surface area (Å²) >= 11 is 0. The van der Waals surface area contributed by atoms with E-state index >= 15 is 0 Å². The van der Waals surface area contributed by atoms with Crippen LogP contribution in [0.25, 0.3) is 10.8 Å². The summed E-state index contributed by atoms with van der Waals surface area (Å²) in [6, 6.07) is 14.9. The summed E-state index contributed by atoms with van der Waals surface area (Å²) in [4.78, 5) is 14.9. The molecular formula is C21H23NO3. The van der Waals surface area contributed by atoms with Crippen LogP contribution in [0.1, 0.15) is 30.7 Å². The first kappa shape index (κ1) is 15.4. The highest BCUT2D eigenvalue weighted by atomic mass is 16.7. The lowest BCUT2D eigenvalue weighted by Crippen LogP contribution is -2.47. The topological polar surface area (TPSA) is 38.8 Å². The van der Waals surface area contributed by atoms with Crippen molar-refractivity contribution in [3.63, 3.8) is 0 Å². The maximum Gasteiger partial charge on any atom is 0.226 e. The van der Waals surface area contributed by atoms with Crippen LogP contribution in [0.5, 0.6) is 0 Å². The minimum absolute atomic E-state index is 0.144. The fraction of sp³-hybridized carbons (Fsp3) is 0.476. The number of carbonyl (C=O) groups is 1. The molecule has 4 heteroatoms. The van der Waals surface area contributed by atoms with Gasteiger partial charge in [0.1, 0.15) is 0 Å². The monoisotopic (exact) mass is 337 g/mol. The number of carbonyl (C=O) groups excluding carboxylic acids is 1. The summed E-state index contributed by atoms with van der Waals surface area (Å²) < 4.78 is 11.5. The summed E-state index contributed by atoms with van der Waals surface area (Å²) in [6.07, 6.45) is 2.57. The molecule has 0 N–H and O–H groups in total. The molecule has 1 amide bonds. The molecule has 0 bridgehead atoms. The lowest BCUT2D eigenvalue weighted by molar-refractivity contribution is -0.187. The first-order valence-electron chi connectivity index (χ1n) is 9.30. The second-order valence-electron chi connectivity index (χ2n) is 7.45. The third-order valence-electron chi connectivity index (χ3n) is 5.98. The number of amides is 1. The molecule has 2 unspecified atom stereocenters. The summed E-state index contributed by atoms with van der Waals surface area (Å²) in [5.41, 5.74) is 1.33. The predicted octanol–water partition coefficient (Wildman–Crippen LogP) is 3.31. The quantitative estimate of drug-likeness (QED) is 0.844. The van der Waals surface area contributed by atoms with Crippen LogP contribution >= 0.6 is 0 Å². The Hall–Kier alpha value is -1.91. The maximum atomic E-state index is 12.9. The van der Waals surface area contributed by atoms with Crippen molar-refractivity contribution in [1.29, 1.82) is 0 Å². The largest absolute Gasteiger partial charge is 0.347 e. The normalized spacial score (nSPS) is 27.8. The van der Waals surface area contributed by atoms with Crippen molar-refractivity contribution in [2.24, 2.45) is 5.92 Å². The van der Waals surface area contributed by atoms with Crippen molar-refractivity contribution in [2.75, 3.05) is 26.3 Å². The second-order valence-corrected chi connectivity index (χ2v) is 7.45. The Bertz CT molecular complexity index is 796. The Morgan fingerprint density at radius 1 is 1.00 bits per heavy atom. The van der Waals surface area contributed by atoms with Crippen molar-refractivity contribution in [2.45, 2.75) is 31.0 Å². The van der Waals surface area contributed by atoms with Gasteiger partial charge in [0.15, 0.2) is 5.79 Å². The van der Waals surface area contributed by atoms with Crippen molar-refractivity contribution >= 4 is 16.7 Å². The summed E-state index contributed by atoms with van der Waals surface area (Å²) in [7, 11) is 0. The average Bonchev–Trinajstić information content (AvgIpc) is 3.34. The zero-order chi connectivity index (χ0) is 16.9. The van der Waals surface area contributed by atoms with E-state index in [9.17, 15) is 4.79 Å². The van der Waals surface area contributed by atoms with Gasteiger partial charge in [0.05, 0.1) is 13.2 Å². The Kier molecular flexibility index (Phi) is 3.57. The lowest BCUT2D eigenvalue weighted by Gasteiger charge is -2.37. The number of nitrogens with zero attached hydrogens (tertiary/aromatic N) is 1. The fourth-order valence-corrected chi connectivity index (χ4v) is 4.47. The third kappa shape index (κ3) is 2.64. The summed E-state index contributed by atoms with van der Waals surface area (Å²) in [5, 5.41) is 2.55. The number of ether oxygens (including phenoxy) is 2. The number of benzene rings is 2. The van der Waals surface area contributed by atoms with Gasteiger partial charge in [-0.05, 0) is 28.7 Å². The number of hydrogen-bond donors (Lipinski definition) is 0. The van der Waals surface area contributed by atoms with Crippen LogP contribution in [0.3, 0.4) is 0 Å². The molecular weight excluding hydrogens is 314 g/mol. The molecule has 2 aromatic rings. The van der Waals surface area contributed by atoms with Gasteiger partial charge >= 0.3 is 0 Å². The van der Waals surface area contributed by atoms with Gasteiger partial charge in [0, 0.05) is 31.8 Å². The standard InChI is InChI=1S/C21H23NO3/c23-20(22-10-8-21(9-11-22)24-12-13-25-21)19-14-18(19)17-7-3-5-15-4-1-2-6-16(15)17/h1-7,18-19H,8-14H2. The molecule has 3 aliphatic rings. The Morgan fingerprint density at radius 3 is 2.52 bits per heavy atom. The van der Waals surface area contributed by atoms with E-state index in [1.165, 1.54) is 16.3 Å². The van der Waals surface area contributed by atoms with Gasteiger partial charge in [-0.25, -0.2) is 0 Å². The van der Waals surface area contributed by atoms with Crippen LogP contribution in [0.2, 0.25) is 0 Å². The lowest BCUT2D eigenvalue weighted by atomic mass is 9.99. The molecule has 1 spiro atoms. The van der Waals surface area contributed by atoms with Gasteiger partial charge in [0.25, 0.3) is 0 Å². The SMILES string of the molecule is O=C(C1CC1c1cccc2ccccc12)N1CCC2(CC1)OCCO2. The van der Waals surface area contributed by atoms with Crippen LogP contribution in [0.15, 0.2) is 42.5 Å². The highest BCUT2D eigenvalue weighted by molar-refractivity contribution is 5.89. The Morgan fingerprint density at radius 2 is 1.72 bits per heavy atom. The van der Waals surface area contributed by atoms with Crippen LogP contribution in [-0.2, 0) is 14.3 Å². The molecule has 4 nitrogen and oxygen atoms in total. The van der Waals surface area contributed by atoms with E-state index in [0.29, 0.717) is 25.0 Å². The maximum absolute atomic E-state index is 12.9. The molecule has 1 saturated carbocycles. The minimum Gasteiger partial charge on any atom is -0.347 e. The van der Waals surface area contributed by atoms with Crippen molar-refractivity contribution < 1.29 is 14.3 Å². The van der Waals surface area contributed by atoms with Gasteiger partial charge in [-0.15, -0.1) is 0 Å². The zero-order valence-electron chi connectivity index (χ0n) is 14.3. The number of rotatable bonds is 2. The average molecular weight is 337 g/mol. The molecule has 5 rings (SSSR count). The molecule has 2 aliphatic heterocycles. The Labute approximate surface area is 147 Å². The first-order valence-corrected chi connectivity index (χ1v) is 9.30. The molecule has 3 fully saturated rings. The number of fused-ring (bicyclic) bond motifs is 1. The molecule has 2 heterocycles. The molecule has 25 heavy (non-hydrogen) atoms. The van der Waals surface area contributed by atoms with E-state index in [1.54, 1.807) is 0 Å². The van der Waals surface area contributed by atoms with E-state index < -0.39 is 5.79 Å². The number of likely N-dealkylation sites (tertiary alicyclic amines) is 1. The van der Waals surface area contributed by atoms with E-state index in [-0.39, 0.29) is 5.92 Å². The van der Waals surface area contributed by atoms with E-state index in [0.717, 1.165) is 32.4 Å². The van der Waals surface area contributed by atoms with Gasteiger partial charge in [0.2, 0.25) is 5.91 Å². The first-order chi connectivity index (χ1) is 12.3. The second kappa shape index (κ2) is 5.82. The minimum atomic E-state index is -0.407. The van der Waals surface area contributed by atoms with E-state index in [1.807, 2.05) is 4.90 Å². The highest BCUT2D eigenvalue weighted by Crippen LogP contribution is 2.50. The van der Waals surface area contributed by atoms with E-state index in [2.05, 4.69) is 42.5 Å². The van der Waals surface area contributed by atoms with Gasteiger partial charge in [-0.3, -0.25) is 4.79 Å². The molecule has 130 valence electrons. The third-order valence-corrected chi connectivity index (χ3v) is 5.98. The van der Waals surface area contributed by atoms with Gasteiger partial charge < -0.3 is 14.4 Å². The number of piperidine rings is 1. The molecule has 2 saturated heterocycles. The molecule has 2 aromatic carbocycles. The molecule has 1 aliphatic carbocycles. The van der Waals surface area contributed by atoms with E-state index in [4.69, 9.17) is 9.47 Å². The predicted molar refractivity (Wildman–Crippen MR) is 95.2 cm³/mol. The van der Waals surface area contributed by atoms with Crippen LogP contribution in [-0.4, -0.2) is 42.9 Å². The number of hydrogen-bond acceptors (Lipinski definition) is 3. The van der Waals surface area contributed by atoms with Crippen molar-refractivity contribution in [3.05, 3.63) is 48.0 Å². The van der Waals surface area contributed by atoms with Crippen molar-refractivity contribution in [3.8, 4) is 0 Å². The molecule has 0 aromatic heterocycles. The van der Waals surface area contributed by atoms with Gasteiger partial charge in [-0.2, -0.15) is 0 Å². The van der Waals surface area contributed by atoms with Gasteiger partial charge in [-0.1, -0.05) is 42.5 Å². The highest BCUT2D eigenvalue weighted by Gasteiger charge is 2.48.